The summed E-state index contributed by atoms with van der Waals surface area (Å²) in [7, 11) is 1.77. The molecule has 3 heterocycles. The van der Waals surface area contributed by atoms with E-state index in [1.807, 2.05) is 17.7 Å². The topological polar surface area (TPSA) is 93.2 Å². The fourth-order valence-corrected chi connectivity index (χ4v) is 3.45. The van der Waals surface area contributed by atoms with E-state index in [9.17, 15) is 0 Å². The summed E-state index contributed by atoms with van der Waals surface area (Å²) in [5, 5.41) is 15.4. The van der Waals surface area contributed by atoms with Crippen LogP contribution in [0.3, 0.4) is 0 Å². The van der Waals surface area contributed by atoms with Crippen LogP contribution in [-0.2, 0) is 13.1 Å². The lowest BCUT2D eigenvalue weighted by atomic mass is 9.99. The predicted molar refractivity (Wildman–Crippen MR) is 115 cm³/mol. The van der Waals surface area contributed by atoms with E-state index in [-0.39, 0.29) is 30.0 Å². The van der Waals surface area contributed by atoms with Crippen molar-refractivity contribution in [1.29, 1.82) is 0 Å². The third kappa shape index (κ3) is 5.20. The van der Waals surface area contributed by atoms with Gasteiger partial charge in [0.1, 0.15) is 11.6 Å². The molecule has 8 nitrogen and oxygen atoms in total. The van der Waals surface area contributed by atoms with E-state index in [0.717, 1.165) is 61.3 Å². The van der Waals surface area contributed by atoms with Crippen LogP contribution in [0.2, 0.25) is 0 Å². The summed E-state index contributed by atoms with van der Waals surface area (Å²) in [6.07, 6.45) is 4.23. The van der Waals surface area contributed by atoms with Crippen molar-refractivity contribution < 1.29 is 4.52 Å². The number of aryl methyl sites for hydroxylation is 2. The van der Waals surface area contributed by atoms with E-state index >= 15 is 0 Å². The summed E-state index contributed by atoms with van der Waals surface area (Å²) in [5.74, 6) is 3.79. The molecule has 0 fully saturated rings. The summed E-state index contributed by atoms with van der Waals surface area (Å²) in [6, 6.07) is 2.16. The minimum absolute atomic E-state index is 0. The van der Waals surface area contributed by atoms with Gasteiger partial charge in [-0.3, -0.25) is 4.99 Å². The highest BCUT2D eigenvalue weighted by Gasteiger charge is 2.24. The Morgan fingerprint density at radius 2 is 2.19 bits per heavy atom. The molecule has 0 aromatic carbocycles. The van der Waals surface area contributed by atoms with Gasteiger partial charge in [0.05, 0.1) is 18.3 Å². The lowest BCUT2D eigenvalue weighted by molar-refractivity contribution is 0.366. The van der Waals surface area contributed by atoms with Crippen LogP contribution in [0.25, 0.3) is 0 Å². The van der Waals surface area contributed by atoms with Gasteiger partial charge in [0.15, 0.2) is 11.7 Å². The molecule has 0 saturated heterocycles. The molecule has 2 aromatic heterocycles. The lowest BCUT2D eigenvalue weighted by Gasteiger charge is -2.24. The standard InChI is InChI=1S/C18H29N7O.HI/c1-5-13(6-2)16-10-14(26-24-16)11-20-18(19-4)22-15-8-7-9-25-17(15)21-12(3)23-25;/h10,13,15H,5-9,11H2,1-4H3,(H2,19,20,22);1H. The van der Waals surface area contributed by atoms with Crippen LogP contribution in [0.15, 0.2) is 15.6 Å². The van der Waals surface area contributed by atoms with Gasteiger partial charge in [-0.25, -0.2) is 9.67 Å². The Kier molecular flexibility index (Phi) is 8.06. The molecule has 1 atom stereocenters. The molecule has 2 aromatic rings. The van der Waals surface area contributed by atoms with Crippen LogP contribution in [0.4, 0.5) is 0 Å². The van der Waals surface area contributed by atoms with Crippen molar-refractivity contribution in [2.24, 2.45) is 4.99 Å². The summed E-state index contributed by atoms with van der Waals surface area (Å²) < 4.78 is 7.46. The largest absolute Gasteiger partial charge is 0.359 e. The van der Waals surface area contributed by atoms with Gasteiger partial charge < -0.3 is 15.2 Å². The van der Waals surface area contributed by atoms with Gasteiger partial charge in [-0.05, 0) is 32.6 Å². The van der Waals surface area contributed by atoms with Crippen molar-refractivity contribution in [3.63, 3.8) is 0 Å². The SMILES string of the molecule is CCC(CC)c1cc(CNC(=NC)NC2CCCn3nc(C)nc32)on1.I. The molecule has 0 radical (unpaired) electrons. The number of fused-ring (bicyclic) bond motifs is 1. The van der Waals surface area contributed by atoms with Crippen LogP contribution >= 0.6 is 24.0 Å². The smallest absolute Gasteiger partial charge is 0.191 e. The Balaban J connectivity index is 0.00000261. The number of nitrogens with zero attached hydrogens (tertiary/aromatic N) is 5. The van der Waals surface area contributed by atoms with Crippen molar-refractivity contribution in [1.82, 2.24) is 30.6 Å². The molecule has 1 aliphatic rings. The van der Waals surface area contributed by atoms with Crippen molar-refractivity contribution >= 4 is 29.9 Å². The third-order valence-electron chi connectivity index (χ3n) is 4.93. The monoisotopic (exact) mass is 487 g/mol. The van der Waals surface area contributed by atoms with Gasteiger partial charge in [0.25, 0.3) is 0 Å². The Bertz CT molecular complexity index is 751. The first-order valence-electron chi connectivity index (χ1n) is 9.48. The molecule has 150 valence electrons. The van der Waals surface area contributed by atoms with Gasteiger partial charge >= 0.3 is 0 Å². The van der Waals surface area contributed by atoms with Gasteiger partial charge in [-0.2, -0.15) is 5.10 Å². The molecule has 1 aliphatic heterocycles. The molecule has 0 amide bonds. The lowest BCUT2D eigenvalue weighted by Crippen LogP contribution is -2.41. The van der Waals surface area contributed by atoms with Crippen LogP contribution < -0.4 is 10.6 Å². The van der Waals surface area contributed by atoms with E-state index in [1.165, 1.54) is 0 Å². The van der Waals surface area contributed by atoms with Gasteiger partial charge in [-0.1, -0.05) is 19.0 Å². The molecule has 27 heavy (non-hydrogen) atoms. The molecule has 3 rings (SSSR count). The predicted octanol–water partition coefficient (Wildman–Crippen LogP) is 3.30. The maximum atomic E-state index is 5.47. The minimum Gasteiger partial charge on any atom is -0.359 e. The summed E-state index contributed by atoms with van der Waals surface area (Å²) in [6.45, 7) is 7.76. The minimum atomic E-state index is 0. The molecule has 0 spiro atoms. The fraction of sp³-hybridized carbons (Fsp3) is 0.667. The molecule has 0 saturated carbocycles. The zero-order chi connectivity index (χ0) is 18.5. The number of aromatic nitrogens is 4. The third-order valence-corrected chi connectivity index (χ3v) is 4.93. The van der Waals surface area contributed by atoms with Crippen molar-refractivity contribution in [2.75, 3.05) is 7.05 Å². The molecule has 0 bridgehead atoms. The van der Waals surface area contributed by atoms with E-state index in [1.54, 1.807) is 7.05 Å². The number of rotatable bonds is 6. The molecular weight excluding hydrogens is 457 g/mol. The first-order valence-corrected chi connectivity index (χ1v) is 9.48. The second-order valence-corrected chi connectivity index (χ2v) is 6.74. The quantitative estimate of drug-likeness (QED) is 0.369. The highest BCUT2D eigenvalue weighted by Crippen LogP contribution is 2.23. The van der Waals surface area contributed by atoms with Crippen molar-refractivity contribution in [2.45, 2.75) is 71.5 Å². The maximum Gasteiger partial charge on any atom is 0.191 e. The number of aliphatic imine (C=N–C) groups is 1. The Hall–Kier alpha value is -1.65. The number of hydrogen-bond donors (Lipinski definition) is 2. The van der Waals surface area contributed by atoms with E-state index in [4.69, 9.17) is 4.52 Å². The molecule has 1 unspecified atom stereocenters. The average Bonchev–Trinajstić information content (AvgIpc) is 3.26. The highest BCUT2D eigenvalue weighted by atomic mass is 127. The Morgan fingerprint density at radius 1 is 1.41 bits per heavy atom. The van der Waals surface area contributed by atoms with Gasteiger partial charge in [0, 0.05) is 25.6 Å². The molecular formula is C18H30IN7O. The van der Waals surface area contributed by atoms with Crippen molar-refractivity contribution in [3.8, 4) is 0 Å². The summed E-state index contributed by atoms with van der Waals surface area (Å²) >= 11 is 0. The number of nitrogens with one attached hydrogen (secondary N) is 2. The fourth-order valence-electron chi connectivity index (χ4n) is 3.45. The normalized spacial score (nSPS) is 16.8. The highest BCUT2D eigenvalue weighted by molar-refractivity contribution is 14.0. The van der Waals surface area contributed by atoms with Crippen LogP contribution in [0, 0.1) is 6.92 Å². The number of hydrogen-bond acceptors (Lipinski definition) is 5. The average molecular weight is 487 g/mol. The first kappa shape index (κ1) is 21.6. The Labute approximate surface area is 177 Å². The van der Waals surface area contributed by atoms with Crippen LogP contribution in [-0.4, -0.2) is 32.9 Å². The molecule has 0 aliphatic carbocycles. The van der Waals surface area contributed by atoms with E-state index < -0.39 is 0 Å². The van der Waals surface area contributed by atoms with E-state index in [2.05, 4.69) is 44.7 Å². The van der Waals surface area contributed by atoms with Crippen LogP contribution in [0.5, 0.6) is 0 Å². The van der Waals surface area contributed by atoms with Crippen molar-refractivity contribution in [3.05, 3.63) is 29.2 Å². The van der Waals surface area contributed by atoms with Crippen LogP contribution in [0.1, 0.15) is 74.6 Å². The number of guanidine groups is 1. The molecule has 2 N–H and O–H groups in total. The first-order chi connectivity index (χ1) is 12.6. The summed E-state index contributed by atoms with van der Waals surface area (Å²) in [4.78, 5) is 8.88. The van der Waals surface area contributed by atoms with Gasteiger partial charge in [-0.15, -0.1) is 24.0 Å². The Morgan fingerprint density at radius 3 is 2.89 bits per heavy atom. The second-order valence-electron chi connectivity index (χ2n) is 6.74. The van der Waals surface area contributed by atoms with Gasteiger partial charge in [0.2, 0.25) is 0 Å². The molecule has 9 heteroatoms. The maximum absolute atomic E-state index is 5.47. The van der Waals surface area contributed by atoms with E-state index in [0.29, 0.717) is 12.5 Å². The zero-order valence-corrected chi connectivity index (χ0v) is 18.9. The second kappa shape index (κ2) is 10.0. The zero-order valence-electron chi connectivity index (χ0n) is 16.5. The summed E-state index contributed by atoms with van der Waals surface area (Å²) in [5.41, 5.74) is 1.03. The number of halogens is 1.